The molecular formula is C12H18ClFN2O3S. The number of rotatable bonds is 6. The molecule has 1 aromatic rings. The molecule has 0 bridgehead atoms. The molecule has 0 saturated carbocycles. The fourth-order valence-electron chi connectivity index (χ4n) is 1.54. The Morgan fingerprint density at radius 2 is 2.05 bits per heavy atom. The van der Waals surface area contributed by atoms with Crippen molar-refractivity contribution >= 4 is 27.3 Å². The number of sulfonamides is 1. The lowest BCUT2D eigenvalue weighted by molar-refractivity contribution is 0.213. The van der Waals surface area contributed by atoms with Crippen LogP contribution in [0.15, 0.2) is 17.0 Å². The smallest absolute Gasteiger partial charge is 0.243 e. The third-order valence-corrected chi connectivity index (χ3v) is 4.51. The van der Waals surface area contributed by atoms with E-state index in [1.807, 2.05) is 0 Å². The first kappa shape index (κ1) is 17.2. The molecule has 0 spiro atoms. The van der Waals surface area contributed by atoms with E-state index in [4.69, 9.17) is 22.4 Å². The van der Waals surface area contributed by atoms with Crippen LogP contribution in [-0.4, -0.2) is 26.7 Å². The molecule has 0 unspecified atom stereocenters. The van der Waals surface area contributed by atoms with Crippen LogP contribution in [0.5, 0.6) is 0 Å². The molecule has 0 aliphatic heterocycles. The summed E-state index contributed by atoms with van der Waals surface area (Å²) in [5.41, 5.74) is 5.08. The van der Waals surface area contributed by atoms with Crippen LogP contribution in [0.1, 0.15) is 20.3 Å². The van der Waals surface area contributed by atoms with Crippen molar-refractivity contribution in [3.05, 3.63) is 23.0 Å². The number of nitrogens with one attached hydrogen (secondary N) is 1. The largest absolute Gasteiger partial charge is 0.399 e. The van der Waals surface area contributed by atoms with Gasteiger partial charge in [0.15, 0.2) is 5.82 Å². The Labute approximate surface area is 123 Å². The van der Waals surface area contributed by atoms with Crippen molar-refractivity contribution in [1.82, 2.24) is 4.72 Å². The number of anilines is 1. The monoisotopic (exact) mass is 324 g/mol. The van der Waals surface area contributed by atoms with Gasteiger partial charge in [-0.3, -0.25) is 0 Å². The SMILES string of the molecule is CC(C)(CCO)CNS(=O)(=O)c1cc(N)cc(Cl)c1F. The maximum Gasteiger partial charge on any atom is 0.243 e. The predicted molar refractivity (Wildman–Crippen MR) is 76.5 cm³/mol. The lowest BCUT2D eigenvalue weighted by Gasteiger charge is -2.23. The second-order valence-corrected chi connectivity index (χ2v) is 7.42. The van der Waals surface area contributed by atoms with Gasteiger partial charge in [0.05, 0.1) is 5.02 Å². The van der Waals surface area contributed by atoms with Crippen LogP contribution in [0.25, 0.3) is 0 Å². The zero-order valence-electron chi connectivity index (χ0n) is 11.3. The minimum Gasteiger partial charge on any atom is -0.399 e. The Kier molecular flexibility index (Phi) is 5.37. The Morgan fingerprint density at radius 1 is 1.45 bits per heavy atom. The van der Waals surface area contributed by atoms with Gasteiger partial charge >= 0.3 is 0 Å². The van der Waals surface area contributed by atoms with E-state index in [0.29, 0.717) is 6.42 Å². The van der Waals surface area contributed by atoms with Crippen LogP contribution in [0.2, 0.25) is 5.02 Å². The van der Waals surface area contributed by atoms with E-state index in [2.05, 4.69) is 4.72 Å². The molecular weight excluding hydrogens is 307 g/mol. The average Bonchev–Trinajstić information content (AvgIpc) is 2.31. The van der Waals surface area contributed by atoms with E-state index in [0.717, 1.165) is 12.1 Å². The number of aliphatic hydroxyl groups excluding tert-OH is 1. The van der Waals surface area contributed by atoms with Gasteiger partial charge in [-0.1, -0.05) is 25.4 Å². The van der Waals surface area contributed by atoms with Crippen molar-refractivity contribution in [1.29, 1.82) is 0 Å². The third-order valence-electron chi connectivity index (χ3n) is 2.84. The molecule has 0 atom stereocenters. The highest BCUT2D eigenvalue weighted by Crippen LogP contribution is 2.26. The number of nitrogen functional groups attached to an aromatic ring is 1. The maximum atomic E-state index is 13.8. The van der Waals surface area contributed by atoms with Crippen LogP contribution in [-0.2, 0) is 10.0 Å². The molecule has 114 valence electrons. The van der Waals surface area contributed by atoms with Gasteiger partial charge in [-0.2, -0.15) is 0 Å². The van der Waals surface area contributed by atoms with Crippen molar-refractivity contribution in [2.75, 3.05) is 18.9 Å². The fourth-order valence-corrected chi connectivity index (χ4v) is 3.20. The molecule has 8 heteroatoms. The van der Waals surface area contributed by atoms with E-state index in [1.165, 1.54) is 0 Å². The molecule has 0 amide bonds. The van der Waals surface area contributed by atoms with Crippen LogP contribution < -0.4 is 10.5 Å². The first-order chi connectivity index (χ1) is 9.09. The summed E-state index contributed by atoms with van der Waals surface area (Å²) < 4.78 is 40.3. The molecule has 1 aromatic carbocycles. The number of halogens is 2. The highest BCUT2D eigenvalue weighted by Gasteiger charge is 2.25. The maximum absolute atomic E-state index is 13.8. The molecule has 0 heterocycles. The summed E-state index contributed by atoms with van der Waals surface area (Å²) in [6, 6.07) is 2.16. The molecule has 0 aliphatic rings. The Bertz CT molecular complexity index is 591. The fraction of sp³-hybridized carbons (Fsp3) is 0.500. The summed E-state index contributed by atoms with van der Waals surface area (Å²) in [7, 11) is -4.06. The summed E-state index contributed by atoms with van der Waals surface area (Å²) in [5, 5.41) is 8.55. The van der Waals surface area contributed by atoms with Gasteiger partial charge in [0.25, 0.3) is 0 Å². The van der Waals surface area contributed by atoms with Crippen molar-refractivity contribution in [2.24, 2.45) is 5.41 Å². The average molecular weight is 325 g/mol. The van der Waals surface area contributed by atoms with Crippen LogP contribution >= 0.6 is 11.6 Å². The van der Waals surface area contributed by atoms with Gasteiger partial charge in [0.2, 0.25) is 10.0 Å². The minimum atomic E-state index is -4.06. The molecule has 0 aliphatic carbocycles. The van der Waals surface area contributed by atoms with Crippen molar-refractivity contribution in [3.8, 4) is 0 Å². The van der Waals surface area contributed by atoms with Gasteiger partial charge in [0.1, 0.15) is 4.90 Å². The van der Waals surface area contributed by atoms with Gasteiger partial charge in [-0.15, -0.1) is 0 Å². The van der Waals surface area contributed by atoms with Gasteiger partial charge < -0.3 is 10.8 Å². The van der Waals surface area contributed by atoms with Crippen molar-refractivity contribution < 1.29 is 17.9 Å². The second-order valence-electron chi connectivity index (χ2n) is 5.28. The predicted octanol–water partition coefficient (Wildman–Crippen LogP) is 1.75. The topological polar surface area (TPSA) is 92.4 Å². The first-order valence-electron chi connectivity index (χ1n) is 5.94. The van der Waals surface area contributed by atoms with Crippen LogP contribution in [0.4, 0.5) is 10.1 Å². The molecule has 0 saturated heterocycles. The van der Waals surface area contributed by atoms with Gasteiger partial charge in [0, 0.05) is 18.8 Å². The van der Waals surface area contributed by atoms with Gasteiger partial charge in [-0.25, -0.2) is 17.5 Å². The van der Waals surface area contributed by atoms with E-state index >= 15 is 0 Å². The number of aliphatic hydroxyl groups is 1. The minimum absolute atomic E-state index is 0.0573. The third kappa shape index (κ3) is 4.31. The summed E-state index contributed by atoms with van der Waals surface area (Å²) in [6.45, 7) is 3.57. The molecule has 1 rings (SSSR count). The molecule has 4 N–H and O–H groups in total. The number of hydrogen-bond acceptors (Lipinski definition) is 4. The summed E-state index contributed by atoms with van der Waals surface area (Å²) >= 11 is 5.58. The molecule has 0 radical (unpaired) electrons. The number of benzene rings is 1. The normalized spacial score (nSPS) is 12.7. The van der Waals surface area contributed by atoms with E-state index in [-0.39, 0.29) is 23.9 Å². The van der Waals surface area contributed by atoms with Crippen molar-refractivity contribution in [3.63, 3.8) is 0 Å². The molecule has 5 nitrogen and oxygen atoms in total. The zero-order chi connectivity index (χ0) is 15.6. The van der Waals surface area contributed by atoms with E-state index in [1.54, 1.807) is 13.8 Å². The van der Waals surface area contributed by atoms with Crippen molar-refractivity contribution in [2.45, 2.75) is 25.2 Å². The van der Waals surface area contributed by atoms with E-state index in [9.17, 15) is 12.8 Å². The van der Waals surface area contributed by atoms with E-state index < -0.39 is 26.2 Å². The molecule has 0 fully saturated rings. The standard InChI is InChI=1S/C12H18ClFN2O3S/c1-12(2,3-4-17)7-16-20(18,19)10-6-8(15)5-9(13)11(10)14/h5-6,16-17H,3-4,7,15H2,1-2H3. The number of hydrogen-bond donors (Lipinski definition) is 3. The lowest BCUT2D eigenvalue weighted by atomic mass is 9.90. The zero-order valence-corrected chi connectivity index (χ0v) is 12.9. The highest BCUT2D eigenvalue weighted by atomic mass is 35.5. The molecule has 20 heavy (non-hydrogen) atoms. The highest BCUT2D eigenvalue weighted by molar-refractivity contribution is 7.89. The molecule has 0 aromatic heterocycles. The Hall–Kier alpha value is -0.890. The summed E-state index contributed by atoms with van der Waals surface area (Å²) in [6.07, 6.45) is 0.412. The first-order valence-corrected chi connectivity index (χ1v) is 7.80. The van der Waals surface area contributed by atoms with Crippen LogP contribution in [0, 0.1) is 11.2 Å². The Balaban J connectivity index is 3.01. The van der Waals surface area contributed by atoms with Gasteiger partial charge in [-0.05, 0) is 24.0 Å². The summed E-state index contributed by atoms with van der Waals surface area (Å²) in [5.74, 6) is -1.03. The second kappa shape index (κ2) is 6.26. The Morgan fingerprint density at radius 3 is 2.60 bits per heavy atom. The van der Waals surface area contributed by atoms with Crippen LogP contribution in [0.3, 0.4) is 0 Å². The quantitative estimate of drug-likeness (QED) is 0.695. The summed E-state index contributed by atoms with van der Waals surface area (Å²) in [4.78, 5) is -0.581. The lowest BCUT2D eigenvalue weighted by Crippen LogP contribution is -2.35. The number of nitrogens with two attached hydrogens (primary N) is 1.